The molecule has 1 rings (SSSR count). The summed E-state index contributed by atoms with van der Waals surface area (Å²) < 4.78 is 0. The van der Waals surface area contributed by atoms with Crippen molar-refractivity contribution in [3.63, 3.8) is 0 Å². The summed E-state index contributed by atoms with van der Waals surface area (Å²) in [6, 6.07) is 11.8. The Hall–Kier alpha value is -0.860. The van der Waals surface area contributed by atoms with Gasteiger partial charge in [0, 0.05) is 18.6 Å². The van der Waals surface area contributed by atoms with Crippen molar-refractivity contribution in [2.75, 3.05) is 20.6 Å². The zero-order chi connectivity index (χ0) is 12.7. The minimum atomic E-state index is 0.489. The highest BCUT2D eigenvalue weighted by Crippen LogP contribution is 2.17. The van der Waals surface area contributed by atoms with E-state index in [4.69, 9.17) is 0 Å². The lowest BCUT2D eigenvalue weighted by Crippen LogP contribution is -2.37. The van der Waals surface area contributed by atoms with Crippen molar-refractivity contribution >= 4 is 0 Å². The Morgan fingerprint density at radius 2 is 1.82 bits per heavy atom. The van der Waals surface area contributed by atoms with Crippen LogP contribution in [-0.4, -0.2) is 31.6 Å². The minimum absolute atomic E-state index is 0.489. The Bertz CT molecular complexity index is 295. The molecule has 0 aromatic heterocycles. The maximum Gasteiger partial charge on any atom is 0.0320 e. The molecule has 0 heterocycles. The van der Waals surface area contributed by atoms with Gasteiger partial charge in [-0.2, -0.15) is 0 Å². The first-order chi connectivity index (χ1) is 8.15. The maximum absolute atomic E-state index is 3.68. The molecular weight excluding hydrogens is 208 g/mol. The maximum atomic E-state index is 3.68. The largest absolute Gasteiger partial charge is 0.308 e. The van der Waals surface area contributed by atoms with Gasteiger partial charge in [0.25, 0.3) is 0 Å². The minimum Gasteiger partial charge on any atom is -0.308 e. The molecule has 2 heteroatoms. The van der Waals surface area contributed by atoms with Crippen LogP contribution in [0.5, 0.6) is 0 Å². The topological polar surface area (TPSA) is 15.3 Å². The molecule has 0 aliphatic carbocycles. The first-order valence-corrected chi connectivity index (χ1v) is 6.60. The summed E-state index contributed by atoms with van der Waals surface area (Å²) in [5.41, 5.74) is 1.40. The van der Waals surface area contributed by atoms with Gasteiger partial charge in [0.1, 0.15) is 0 Å². The van der Waals surface area contributed by atoms with Crippen molar-refractivity contribution in [1.82, 2.24) is 10.2 Å². The third kappa shape index (κ3) is 4.88. The van der Waals surface area contributed by atoms with E-state index < -0.39 is 0 Å². The van der Waals surface area contributed by atoms with Crippen LogP contribution in [0.25, 0.3) is 0 Å². The van der Waals surface area contributed by atoms with Crippen molar-refractivity contribution in [1.29, 1.82) is 0 Å². The van der Waals surface area contributed by atoms with Crippen molar-refractivity contribution in [3.8, 4) is 0 Å². The second-order valence-electron chi connectivity index (χ2n) is 4.97. The summed E-state index contributed by atoms with van der Waals surface area (Å²) in [6.45, 7) is 5.53. The van der Waals surface area contributed by atoms with Gasteiger partial charge in [-0.1, -0.05) is 43.7 Å². The van der Waals surface area contributed by atoms with Crippen LogP contribution < -0.4 is 5.32 Å². The summed E-state index contributed by atoms with van der Waals surface area (Å²) in [6.07, 6.45) is 2.41. The van der Waals surface area contributed by atoms with E-state index in [2.05, 4.69) is 68.5 Å². The molecule has 1 aromatic rings. The predicted molar refractivity (Wildman–Crippen MR) is 75.2 cm³/mol. The Labute approximate surface area is 106 Å². The molecule has 17 heavy (non-hydrogen) atoms. The lowest BCUT2D eigenvalue weighted by Gasteiger charge is -2.25. The van der Waals surface area contributed by atoms with Gasteiger partial charge in [0.05, 0.1) is 0 Å². The van der Waals surface area contributed by atoms with Crippen LogP contribution in [0.4, 0.5) is 0 Å². The first-order valence-electron chi connectivity index (χ1n) is 6.60. The van der Waals surface area contributed by atoms with Gasteiger partial charge >= 0.3 is 0 Å². The second kappa shape index (κ2) is 7.46. The molecule has 0 aliphatic rings. The summed E-state index contributed by atoms with van der Waals surface area (Å²) >= 11 is 0. The normalized spacial score (nSPS) is 14.9. The number of hydrogen-bond donors (Lipinski definition) is 1. The van der Waals surface area contributed by atoms with Crippen LogP contribution >= 0.6 is 0 Å². The highest BCUT2D eigenvalue weighted by Gasteiger charge is 2.11. The lowest BCUT2D eigenvalue weighted by atomic mass is 10.0. The van der Waals surface area contributed by atoms with Crippen LogP contribution in [0, 0.1) is 0 Å². The summed E-state index contributed by atoms with van der Waals surface area (Å²) in [4.78, 5) is 2.25. The van der Waals surface area contributed by atoms with Crippen molar-refractivity contribution in [3.05, 3.63) is 35.9 Å². The van der Waals surface area contributed by atoms with Crippen molar-refractivity contribution in [2.24, 2.45) is 0 Å². The van der Waals surface area contributed by atoms with E-state index in [0.717, 1.165) is 6.54 Å². The molecule has 0 amide bonds. The van der Waals surface area contributed by atoms with Crippen molar-refractivity contribution < 1.29 is 0 Å². The number of likely N-dealkylation sites (N-methyl/N-ethyl adjacent to an activating group) is 1. The van der Waals surface area contributed by atoms with E-state index in [1.807, 2.05) is 0 Å². The van der Waals surface area contributed by atoms with E-state index in [1.54, 1.807) is 0 Å². The molecule has 0 radical (unpaired) electrons. The van der Waals surface area contributed by atoms with Crippen LogP contribution in [0.2, 0.25) is 0 Å². The van der Waals surface area contributed by atoms with Gasteiger partial charge in [-0.15, -0.1) is 0 Å². The average molecular weight is 234 g/mol. The third-order valence-electron chi connectivity index (χ3n) is 3.32. The summed E-state index contributed by atoms with van der Waals surface area (Å²) in [5, 5.41) is 3.68. The predicted octanol–water partition coefficient (Wildman–Crippen LogP) is 3.07. The van der Waals surface area contributed by atoms with Crippen LogP contribution in [0.3, 0.4) is 0 Å². The molecule has 0 saturated carbocycles. The monoisotopic (exact) mass is 234 g/mol. The Kier molecular flexibility index (Phi) is 6.23. The number of rotatable bonds is 7. The Balaban J connectivity index is 2.55. The molecule has 0 spiro atoms. The average Bonchev–Trinajstić information content (AvgIpc) is 2.35. The Morgan fingerprint density at radius 1 is 1.18 bits per heavy atom. The third-order valence-corrected chi connectivity index (χ3v) is 3.32. The Morgan fingerprint density at radius 3 is 2.35 bits per heavy atom. The summed E-state index contributed by atoms with van der Waals surface area (Å²) in [7, 11) is 4.26. The smallest absolute Gasteiger partial charge is 0.0320 e. The molecular formula is C15H26N2. The number of nitrogens with one attached hydrogen (secondary N) is 1. The van der Waals surface area contributed by atoms with Crippen LogP contribution in [-0.2, 0) is 0 Å². The SMILES string of the molecule is CCCC(NCC(C)N(C)C)c1ccccc1. The fraction of sp³-hybridized carbons (Fsp3) is 0.600. The number of benzene rings is 1. The number of nitrogens with zero attached hydrogens (tertiary/aromatic N) is 1. The molecule has 2 nitrogen and oxygen atoms in total. The molecule has 2 atom stereocenters. The highest BCUT2D eigenvalue weighted by atomic mass is 15.1. The molecule has 0 saturated heterocycles. The molecule has 1 aromatic carbocycles. The van der Waals surface area contributed by atoms with E-state index in [-0.39, 0.29) is 0 Å². The first kappa shape index (κ1) is 14.2. The van der Waals surface area contributed by atoms with Gasteiger partial charge in [-0.3, -0.25) is 0 Å². The standard InChI is InChI=1S/C15H26N2/c1-5-9-15(14-10-7-6-8-11-14)16-12-13(2)17(3)4/h6-8,10-11,13,15-16H,5,9,12H2,1-4H3. The lowest BCUT2D eigenvalue weighted by molar-refractivity contribution is 0.290. The van der Waals surface area contributed by atoms with E-state index in [9.17, 15) is 0 Å². The molecule has 96 valence electrons. The van der Waals surface area contributed by atoms with E-state index in [1.165, 1.54) is 18.4 Å². The van der Waals surface area contributed by atoms with E-state index in [0.29, 0.717) is 12.1 Å². The van der Waals surface area contributed by atoms with Gasteiger partial charge in [-0.05, 0) is 33.0 Å². The molecule has 0 bridgehead atoms. The quantitative estimate of drug-likeness (QED) is 0.780. The van der Waals surface area contributed by atoms with Crippen molar-refractivity contribution in [2.45, 2.75) is 38.8 Å². The summed E-state index contributed by atoms with van der Waals surface area (Å²) in [5.74, 6) is 0. The van der Waals surface area contributed by atoms with Gasteiger partial charge in [-0.25, -0.2) is 0 Å². The zero-order valence-electron chi connectivity index (χ0n) is 11.6. The van der Waals surface area contributed by atoms with Crippen LogP contribution in [0.15, 0.2) is 30.3 Å². The molecule has 1 N–H and O–H groups in total. The fourth-order valence-electron chi connectivity index (χ4n) is 1.86. The van der Waals surface area contributed by atoms with E-state index >= 15 is 0 Å². The van der Waals surface area contributed by atoms with Gasteiger partial charge in [0.2, 0.25) is 0 Å². The van der Waals surface area contributed by atoms with Crippen LogP contribution in [0.1, 0.15) is 38.3 Å². The highest BCUT2D eigenvalue weighted by molar-refractivity contribution is 5.18. The van der Waals surface area contributed by atoms with Gasteiger partial charge < -0.3 is 10.2 Å². The van der Waals surface area contributed by atoms with Gasteiger partial charge in [0.15, 0.2) is 0 Å². The number of hydrogen-bond acceptors (Lipinski definition) is 2. The molecule has 0 fully saturated rings. The molecule has 2 unspecified atom stereocenters. The second-order valence-corrected chi connectivity index (χ2v) is 4.97. The fourth-order valence-corrected chi connectivity index (χ4v) is 1.86. The zero-order valence-corrected chi connectivity index (χ0v) is 11.6. The molecule has 0 aliphatic heterocycles.